The monoisotopic (exact) mass is 305 g/mol. The molecule has 1 unspecified atom stereocenters. The van der Waals surface area contributed by atoms with Crippen molar-refractivity contribution in [1.82, 2.24) is 0 Å². The van der Waals surface area contributed by atoms with Crippen LogP contribution in [0, 0.1) is 0 Å². The van der Waals surface area contributed by atoms with Crippen LogP contribution in [-0.2, 0) is 6.42 Å². The number of hydrogen-bond donors (Lipinski definition) is 2. The fourth-order valence-corrected chi connectivity index (χ4v) is 2.90. The molecule has 4 rings (SSSR count). The Morgan fingerprint density at radius 1 is 1.13 bits per heavy atom. The fourth-order valence-electron chi connectivity index (χ4n) is 2.90. The SMILES string of the molecule is O=c1ccoc2ccc(CC3=Cc4ccccc4NC3O)cc12. The van der Waals surface area contributed by atoms with Crippen molar-refractivity contribution in [3.63, 3.8) is 0 Å². The summed E-state index contributed by atoms with van der Waals surface area (Å²) in [6.45, 7) is 0. The van der Waals surface area contributed by atoms with Crippen LogP contribution < -0.4 is 10.7 Å². The van der Waals surface area contributed by atoms with Gasteiger partial charge < -0.3 is 14.8 Å². The topological polar surface area (TPSA) is 62.5 Å². The molecule has 0 bridgehead atoms. The minimum absolute atomic E-state index is 0.0604. The molecule has 2 N–H and O–H groups in total. The first-order valence-corrected chi connectivity index (χ1v) is 7.45. The van der Waals surface area contributed by atoms with E-state index < -0.39 is 6.23 Å². The molecule has 1 aliphatic heterocycles. The van der Waals surface area contributed by atoms with Crippen LogP contribution in [0.5, 0.6) is 0 Å². The van der Waals surface area contributed by atoms with E-state index in [0.717, 1.165) is 22.4 Å². The molecule has 0 radical (unpaired) electrons. The van der Waals surface area contributed by atoms with Gasteiger partial charge >= 0.3 is 0 Å². The molecule has 0 saturated carbocycles. The summed E-state index contributed by atoms with van der Waals surface area (Å²) in [5, 5.41) is 13.9. The average Bonchev–Trinajstić information content (AvgIpc) is 2.56. The van der Waals surface area contributed by atoms with Gasteiger partial charge in [-0.3, -0.25) is 4.79 Å². The molecule has 2 aromatic carbocycles. The van der Waals surface area contributed by atoms with Crippen molar-refractivity contribution in [3.05, 3.63) is 81.7 Å². The predicted molar refractivity (Wildman–Crippen MR) is 90.2 cm³/mol. The number of anilines is 1. The van der Waals surface area contributed by atoms with E-state index in [1.54, 1.807) is 6.07 Å². The van der Waals surface area contributed by atoms with E-state index in [-0.39, 0.29) is 5.43 Å². The molecule has 0 saturated heterocycles. The first kappa shape index (κ1) is 13.8. The summed E-state index contributed by atoms with van der Waals surface area (Å²) in [5.74, 6) is 0. The molecule has 1 aromatic heterocycles. The Hall–Kier alpha value is -2.85. The lowest BCUT2D eigenvalue weighted by molar-refractivity contribution is 0.237. The number of fused-ring (bicyclic) bond motifs is 2. The molecule has 1 aliphatic rings. The maximum Gasteiger partial charge on any atom is 0.192 e. The van der Waals surface area contributed by atoms with Gasteiger partial charge in [0.15, 0.2) is 5.43 Å². The van der Waals surface area contributed by atoms with Gasteiger partial charge in [0.05, 0.1) is 11.6 Å². The highest BCUT2D eigenvalue weighted by Crippen LogP contribution is 2.28. The Morgan fingerprint density at radius 2 is 2.00 bits per heavy atom. The molecule has 0 spiro atoms. The summed E-state index contributed by atoms with van der Waals surface area (Å²) in [7, 11) is 0. The second kappa shape index (κ2) is 5.41. The zero-order valence-corrected chi connectivity index (χ0v) is 12.3. The first-order valence-electron chi connectivity index (χ1n) is 7.45. The number of aliphatic hydroxyl groups excluding tert-OH is 1. The van der Waals surface area contributed by atoms with Crippen LogP contribution in [0.25, 0.3) is 17.0 Å². The van der Waals surface area contributed by atoms with Crippen molar-refractivity contribution in [2.75, 3.05) is 5.32 Å². The van der Waals surface area contributed by atoms with E-state index in [2.05, 4.69) is 5.32 Å². The van der Waals surface area contributed by atoms with E-state index in [4.69, 9.17) is 4.42 Å². The highest BCUT2D eigenvalue weighted by Gasteiger charge is 2.18. The minimum atomic E-state index is -0.729. The van der Waals surface area contributed by atoms with Crippen LogP contribution in [0.2, 0.25) is 0 Å². The molecule has 23 heavy (non-hydrogen) atoms. The maximum atomic E-state index is 11.9. The van der Waals surface area contributed by atoms with Gasteiger partial charge in [-0.1, -0.05) is 24.3 Å². The van der Waals surface area contributed by atoms with Crippen molar-refractivity contribution in [1.29, 1.82) is 0 Å². The molecular formula is C19H15NO3. The number of hydrogen-bond acceptors (Lipinski definition) is 4. The van der Waals surface area contributed by atoms with Crippen LogP contribution in [0.1, 0.15) is 11.1 Å². The summed E-state index contributed by atoms with van der Waals surface area (Å²) in [5.41, 5.74) is 4.31. The summed E-state index contributed by atoms with van der Waals surface area (Å²) < 4.78 is 5.33. The Morgan fingerprint density at radius 3 is 2.91 bits per heavy atom. The van der Waals surface area contributed by atoms with Gasteiger partial charge in [0.2, 0.25) is 0 Å². The summed E-state index contributed by atoms with van der Waals surface area (Å²) in [6.07, 6.45) is 3.23. The Bertz CT molecular complexity index is 972. The quantitative estimate of drug-likeness (QED) is 0.763. The van der Waals surface area contributed by atoms with Crippen molar-refractivity contribution in [2.24, 2.45) is 0 Å². The number of benzene rings is 2. The number of aliphatic hydroxyl groups is 1. The molecule has 0 amide bonds. The first-order chi connectivity index (χ1) is 11.2. The molecule has 4 nitrogen and oxygen atoms in total. The molecule has 0 aliphatic carbocycles. The lowest BCUT2D eigenvalue weighted by Gasteiger charge is -2.24. The summed E-state index contributed by atoms with van der Waals surface area (Å²) in [4.78, 5) is 11.9. The van der Waals surface area contributed by atoms with E-state index in [1.807, 2.05) is 42.5 Å². The third-order valence-corrected chi connectivity index (χ3v) is 4.08. The predicted octanol–water partition coefficient (Wildman–Crippen LogP) is 3.16. The third-order valence-electron chi connectivity index (χ3n) is 4.08. The summed E-state index contributed by atoms with van der Waals surface area (Å²) in [6, 6.07) is 14.8. The van der Waals surface area contributed by atoms with Gasteiger partial charge in [-0.2, -0.15) is 0 Å². The van der Waals surface area contributed by atoms with Crippen LogP contribution >= 0.6 is 0 Å². The summed E-state index contributed by atoms with van der Waals surface area (Å²) >= 11 is 0. The highest BCUT2D eigenvalue weighted by molar-refractivity contribution is 5.77. The molecule has 2 heterocycles. The average molecular weight is 305 g/mol. The third kappa shape index (κ3) is 2.53. The van der Waals surface area contributed by atoms with Crippen molar-refractivity contribution in [3.8, 4) is 0 Å². The minimum Gasteiger partial charge on any atom is -0.464 e. The zero-order chi connectivity index (χ0) is 15.8. The molecule has 1 atom stereocenters. The lowest BCUT2D eigenvalue weighted by Crippen LogP contribution is -2.25. The van der Waals surface area contributed by atoms with Gasteiger partial charge in [-0.15, -0.1) is 0 Å². The Balaban J connectivity index is 1.72. The largest absolute Gasteiger partial charge is 0.464 e. The van der Waals surface area contributed by atoms with Gasteiger partial charge in [-0.05, 0) is 47.4 Å². The van der Waals surface area contributed by atoms with Crippen LogP contribution in [0.15, 0.2) is 69.6 Å². The van der Waals surface area contributed by atoms with Gasteiger partial charge in [0.25, 0.3) is 0 Å². The van der Waals surface area contributed by atoms with Gasteiger partial charge in [-0.25, -0.2) is 0 Å². The Labute approximate surface area is 132 Å². The van der Waals surface area contributed by atoms with E-state index >= 15 is 0 Å². The van der Waals surface area contributed by atoms with Crippen molar-refractivity contribution in [2.45, 2.75) is 12.6 Å². The van der Waals surface area contributed by atoms with E-state index in [9.17, 15) is 9.90 Å². The number of para-hydroxylation sites is 1. The lowest BCUT2D eigenvalue weighted by atomic mass is 9.96. The molecule has 114 valence electrons. The smallest absolute Gasteiger partial charge is 0.192 e. The van der Waals surface area contributed by atoms with Crippen molar-refractivity contribution >= 4 is 22.7 Å². The van der Waals surface area contributed by atoms with E-state index in [1.165, 1.54) is 12.3 Å². The normalized spacial score (nSPS) is 16.6. The van der Waals surface area contributed by atoms with E-state index in [0.29, 0.717) is 17.4 Å². The molecule has 0 fully saturated rings. The number of nitrogens with one attached hydrogen (secondary N) is 1. The number of rotatable bonds is 2. The van der Waals surface area contributed by atoms with Crippen LogP contribution in [0.3, 0.4) is 0 Å². The van der Waals surface area contributed by atoms with Crippen molar-refractivity contribution < 1.29 is 9.52 Å². The zero-order valence-electron chi connectivity index (χ0n) is 12.3. The highest BCUT2D eigenvalue weighted by atomic mass is 16.3. The second-order valence-corrected chi connectivity index (χ2v) is 5.65. The van der Waals surface area contributed by atoms with Gasteiger partial charge in [0, 0.05) is 11.8 Å². The fraction of sp³-hybridized carbons (Fsp3) is 0.105. The molecule has 3 aromatic rings. The Kier molecular flexibility index (Phi) is 3.24. The van der Waals surface area contributed by atoms with Gasteiger partial charge in [0.1, 0.15) is 11.8 Å². The van der Waals surface area contributed by atoms with Crippen LogP contribution in [-0.4, -0.2) is 11.3 Å². The van der Waals surface area contributed by atoms with Crippen LogP contribution in [0.4, 0.5) is 5.69 Å². The molecule has 4 heteroatoms. The second-order valence-electron chi connectivity index (χ2n) is 5.65. The maximum absolute atomic E-state index is 11.9. The molecular weight excluding hydrogens is 290 g/mol. The standard InChI is InChI=1S/C19H15NO3/c21-17-7-8-23-18-6-5-12(10-15(17)18)9-14-11-13-3-1-2-4-16(13)20-19(14)22/h1-8,10-11,19-20,22H,9H2.